The van der Waals surface area contributed by atoms with Gasteiger partial charge in [-0.1, -0.05) is 0 Å². The minimum atomic E-state index is -0.382. The first-order valence-corrected chi connectivity index (χ1v) is 6.49. The van der Waals surface area contributed by atoms with Gasteiger partial charge in [-0.25, -0.2) is 4.79 Å². The second-order valence-electron chi connectivity index (χ2n) is 5.02. The molecule has 0 aromatic carbocycles. The van der Waals surface area contributed by atoms with Gasteiger partial charge in [-0.15, -0.1) is 0 Å². The van der Waals surface area contributed by atoms with E-state index in [4.69, 9.17) is 0 Å². The highest BCUT2D eigenvalue weighted by Gasteiger charge is 2.22. The topological polar surface area (TPSA) is 86.3 Å². The lowest BCUT2D eigenvalue weighted by molar-refractivity contribution is -0.132. The smallest absolute Gasteiger partial charge is 0.345 e. The molecule has 0 radical (unpaired) electrons. The number of amides is 1. The molecule has 0 atom stereocenters. The third kappa shape index (κ3) is 3.20. The van der Waals surface area contributed by atoms with Crippen molar-refractivity contribution in [2.24, 2.45) is 0 Å². The van der Waals surface area contributed by atoms with E-state index in [1.807, 2.05) is 0 Å². The highest BCUT2D eigenvalue weighted by atomic mass is 16.3. The number of nitrogens with zero attached hydrogens (tertiary/aromatic N) is 2. The molecule has 1 aromatic rings. The Morgan fingerprint density at radius 3 is 2.63 bits per heavy atom. The van der Waals surface area contributed by atoms with Gasteiger partial charge in [0.1, 0.15) is 0 Å². The van der Waals surface area contributed by atoms with Gasteiger partial charge in [0.25, 0.3) is 0 Å². The Bertz CT molecular complexity index is 504. The van der Waals surface area contributed by atoms with Crippen molar-refractivity contribution in [3.05, 3.63) is 27.4 Å². The number of likely N-dealkylation sites (tertiary alicyclic amines) is 1. The fourth-order valence-corrected chi connectivity index (χ4v) is 2.39. The highest BCUT2D eigenvalue weighted by molar-refractivity contribution is 5.79. The van der Waals surface area contributed by atoms with E-state index in [0.29, 0.717) is 37.3 Å². The van der Waals surface area contributed by atoms with Crippen molar-refractivity contribution in [1.29, 1.82) is 0 Å². The fourth-order valence-electron chi connectivity index (χ4n) is 2.39. The monoisotopic (exact) mass is 265 g/mol. The van der Waals surface area contributed by atoms with Crippen molar-refractivity contribution in [3.63, 3.8) is 0 Å². The summed E-state index contributed by atoms with van der Waals surface area (Å²) in [4.78, 5) is 31.6. The number of aliphatic hydroxyl groups is 1. The standard InChI is InChI=1S/C13H19N3O3/c1-8-11(9(2)15-13(19)14-8)7-12(18)16-5-3-10(17)4-6-16/h10,17H,3-7H2,1-2H3,(H,14,15,19). The van der Waals surface area contributed by atoms with Crippen molar-refractivity contribution < 1.29 is 9.90 Å². The number of aromatic nitrogens is 2. The van der Waals surface area contributed by atoms with Gasteiger partial charge in [0.2, 0.25) is 5.91 Å². The Labute approximate surface area is 111 Å². The quantitative estimate of drug-likeness (QED) is 0.782. The van der Waals surface area contributed by atoms with E-state index >= 15 is 0 Å². The number of H-pyrrole nitrogens is 1. The van der Waals surface area contributed by atoms with Crippen molar-refractivity contribution in [2.75, 3.05) is 13.1 Å². The van der Waals surface area contributed by atoms with Gasteiger partial charge in [0.05, 0.1) is 12.5 Å². The Balaban J connectivity index is 2.09. The van der Waals surface area contributed by atoms with E-state index in [1.165, 1.54) is 0 Å². The second-order valence-corrected chi connectivity index (χ2v) is 5.02. The maximum absolute atomic E-state index is 12.2. The Morgan fingerprint density at radius 1 is 1.42 bits per heavy atom. The number of rotatable bonds is 2. The minimum Gasteiger partial charge on any atom is -0.393 e. The summed E-state index contributed by atoms with van der Waals surface area (Å²) in [5.74, 6) is 0.0203. The zero-order chi connectivity index (χ0) is 14.0. The van der Waals surface area contributed by atoms with E-state index in [9.17, 15) is 14.7 Å². The molecule has 1 aliphatic rings. The molecule has 1 fully saturated rings. The van der Waals surface area contributed by atoms with Crippen LogP contribution in [0.3, 0.4) is 0 Å². The molecule has 6 heteroatoms. The molecule has 1 saturated heterocycles. The van der Waals surface area contributed by atoms with Crippen LogP contribution < -0.4 is 5.69 Å². The number of aliphatic hydroxyl groups excluding tert-OH is 1. The molecule has 0 saturated carbocycles. The molecular weight excluding hydrogens is 246 g/mol. The van der Waals surface area contributed by atoms with Crippen molar-refractivity contribution in [2.45, 2.75) is 39.2 Å². The minimum absolute atomic E-state index is 0.0203. The zero-order valence-electron chi connectivity index (χ0n) is 11.3. The molecule has 0 bridgehead atoms. The van der Waals surface area contributed by atoms with Gasteiger partial charge >= 0.3 is 5.69 Å². The SMILES string of the molecule is Cc1nc(=O)[nH]c(C)c1CC(=O)N1CCC(O)CC1. The molecular formula is C13H19N3O3. The van der Waals surface area contributed by atoms with Crippen molar-refractivity contribution in [3.8, 4) is 0 Å². The van der Waals surface area contributed by atoms with Gasteiger partial charge in [-0.2, -0.15) is 4.98 Å². The number of carbonyl (C=O) groups is 1. The molecule has 0 unspecified atom stereocenters. The van der Waals surface area contributed by atoms with Crippen LogP contribution in [0.1, 0.15) is 29.8 Å². The molecule has 19 heavy (non-hydrogen) atoms. The molecule has 104 valence electrons. The van der Waals surface area contributed by atoms with Crippen LogP contribution in [0, 0.1) is 13.8 Å². The summed E-state index contributed by atoms with van der Waals surface area (Å²) in [5.41, 5.74) is 1.71. The van der Waals surface area contributed by atoms with Crippen LogP contribution in [0.25, 0.3) is 0 Å². The van der Waals surface area contributed by atoms with E-state index in [-0.39, 0.29) is 24.1 Å². The number of hydrogen-bond acceptors (Lipinski definition) is 4. The third-order valence-electron chi connectivity index (χ3n) is 3.60. The fraction of sp³-hybridized carbons (Fsp3) is 0.615. The largest absolute Gasteiger partial charge is 0.393 e. The number of aryl methyl sites for hydroxylation is 2. The highest BCUT2D eigenvalue weighted by Crippen LogP contribution is 2.14. The zero-order valence-corrected chi connectivity index (χ0v) is 11.3. The molecule has 2 N–H and O–H groups in total. The summed E-state index contributed by atoms with van der Waals surface area (Å²) in [7, 11) is 0. The normalized spacial score (nSPS) is 16.7. The van der Waals surface area contributed by atoms with Crippen LogP contribution in [-0.4, -0.2) is 45.1 Å². The van der Waals surface area contributed by atoms with Crippen molar-refractivity contribution in [1.82, 2.24) is 14.9 Å². The molecule has 1 amide bonds. The molecule has 1 aliphatic heterocycles. The first kappa shape index (κ1) is 13.7. The van der Waals surface area contributed by atoms with Gasteiger partial charge in [0.15, 0.2) is 0 Å². The van der Waals surface area contributed by atoms with E-state index < -0.39 is 0 Å². The van der Waals surface area contributed by atoms with Crippen molar-refractivity contribution >= 4 is 5.91 Å². The van der Waals surface area contributed by atoms with E-state index in [1.54, 1.807) is 18.7 Å². The molecule has 1 aromatic heterocycles. The molecule has 0 spiro atoms. The van der Waals surface area contributed by atoms with E-state index in [0.717, 1.165) is 5.56 Å². The Kier molecular flexibility index (Phi) is 3.99. The molecule has 2 heterocycles. The average Bonchev–Trinajstić information content (AvgIpc) is 2.34. The van der Waals surface area contributed by atoms with Crippen LogP contribution >= 0.6 is 0 Å². The van der Waals surface area contributed by atoms with Gasteiger partial charge in [-0.05, 0) is 26.7 Å². The summed E-state index contributed by atoms with van der Waals surface area (Å²) < 4.78 is 0. The van der Waals surface area contributed by atoms with Crippen LogP contribution in [0.15, 0.2) is 4.79 Å². The number of nitrogens with one attached hydrogen (secondary N) is 1. The van der Waals surface area contributed by atoms with Crippen LogP contribution in [-0.2, 0) is 11.2 Å². The lowest BCUT2D eigenvalue weighted by Gasteiger charge is -2.29. The summed E-state index contributed by atoms with van der Waals surface area (Å²) in [6.45, 7) is 4.70. The second kappa shape index (κ2) is 5.52. The van der Waals surface area contributed by atoms with E-state index in [2.05, 4.69) is 9.97 Å². The summed E-state index contributed by atoms with van der Waals surface area (Å²) >= 11 is 0. The number of piperidine rings is 1. The third-order valence-corrected chi connectivity index (χ3v) is 3.60. The maximum atomic E-state index is 12.2. The summed E-state index contributed by atoms with van der Waals surface area (Å²) in [6, 6.07) is 0. The Hall–Kier alpha value is -1.69. The average molecular weight is 265 g/mol. The van der Waals surface area contributed by atoms with Gasteiger partial charge < -0.3 is 15.0 Å². The maximum Gasteiger partial charge on any atom is 0.345 e. The van der Waals surface area contributed by atoms with Gasteiger partial charge in [-0.3, -0.25) is 4.79 Å². The molecule has 0 aliphatic carbocycles. The lowest BCUT2D eigenvalue weighted by atomic mass is 10.0. The number of hydrogen-bond donors (Lipinski definition) is 2. The lowest BCUT2D eigenvalue weighted by Crippen LogP contribution is -2.41. The summed E-state index contributed by atoms with van der Waals surface area (Å²) in [6.07, 6.45) is 1.22. The predicted octanol–water partition coefficient (Wildman–Crippen LogP) is -0.0875. The number of carbonyl (C=O) groups excluding carboxylic acids is 1. The van der Waals surface area contributed by atoms with Gasteiger partial charge in [0, 0.05) is 30.0 Å². The first-order valence-electron chi connectivity index (χ1n) is 6.49. The van der Waals surface area contributed by atoms with Crippen LogP contribution in [0.2, 0.25) is 0 Å². The molecule has 2 rings (SSSR count). The first-order chi connectivity index (χ1) is 8.97. The van der Waals surface area contributed by atoms with Crippen LogP contribution in [0.5, 0.6) is 0 Å². The number of aromatic amines is 1. The van der Waals surface area contributed by atoms with Crippen LogP contribution in [0.4, 0.5) is 0 Å². The summed E-state index contributed by atoms with van der Waals surface area (Å²) in [5, 5.41) is 9.43. The predicted molar refractivity (Wildman–Crippen MR) is 69.9 cm³/mol. The Morgan fingerprint density at radius 2 is 2.05 bits per heavy atom. The molecule has 6 nitrogen and oxygen atoms in total.